The fourth-order valence-corrected chi connectivity index (χ4v) is 4.44. The predicted octanol–water partition coefficient (Wildman–Crippen LogP) is 5.22. The fourth-order valence-electron chi connectivity index (χ4n) is 4.44. The Kier molecular flexibility index (Phi) is 9.06. The van der Waals surface area contributed by atoms with Gasteiger partial charge in [0.15, 0.2) is 0 Å². The Morgan fingerprint density at radius 1 is 1.00 bits per heavy atom. The van der Waals surface area contributed by atoms with Crippen molar-refractivity contribution in [2.45, 2.75) is 38.1 Å². The number of carbonyl (C=O) groups is 3. The van der Waals surface area contributed by atoms with Crippen LogP contribution >= 0.6 is 0 Å². The topological polar surface area (TPSA) is 126 Å². The van der Waals surface area contributed by atoms with Crippen LogP contribution < -0.4 is 5.32 Å². The molecule has 9 heteroatoms. The number of phenolic OH excluding ortho intramolecular Hbond substituents is 1. The first-order valence-electron chi connectivity index (χ1n) is 12.8. The molecule has 0 saturated carbocycles. The highest BCUT2D eigenvalue weighted by atomic mass is 19.1. The van der Waals surface area contributed by atoms with Gasteiger partial charge in [-0.3, -0.25) is 4.79 Å². The van der Waals surface area contributed by atoms with Crippen LogP contribution in [0.5, 0.6) is 5.75 Å². The SMILES string of the molecule is COC(=O)C(CCc1ccc(O)cc1)NC(=O)c1cc(C(=O)O)c2cc(CCC3=CCC=C(F)C=C3)ccc2n1. The quantitative estimate of drug-likeness (QED) is 0.299. The number of phenols is 1. The highest BCUT2D eigenvalue weighted by Crippen LogP contribution is 2.23. The molecule has 1 heterocycles. The molecule has 1 aliphatic rings. The van der Waals surface area contributed by atoms with E-state index >= 15 is 0 Å². The number of hydrogen-bond donors (Lipinski definition) is 3. The summed E-state index contributed by atoms with van der Waals surface area (Å²) in [5, 5.41) is 22.4. The molecule has 0 radical (unpaired) electrons. The molecule has 1 aromatic heterocycles. The number of halogens is 1. The second kappa shape index (κ2) is 12.8. The number of allylic oxidation sites excluding steroid dienone is 6. The number of aromatic carboxylic acids is 1. The predicted molar refractivity (Wildman–Crippen MR) is 148 cm³/mol. The summed E-state index contributed by atoms with van der Waals surface area (Å²) in [6, 6.07) is 11.9. The second-order valence-corrected chi connectivity index (χ2v) is 9.40. The van der Waals surface area contributed by atoms with Crippen molar-refractivity contribution in [3.63, 3.8) is 0 Å². The molecule has 2 aromatic carbocycles. The second-order valence-electron chi connectivity index (χ2n) is 9.40. The van der Waals surface area contributed by atoms with Gasteiger partial charge in [-0.2, -0.15) is 0 Å². The van der Waals surface area contributed by atoms with Crippen LogP contribution in [0.3, 0.4) is 0 Å². The van der Waals surface area contributed by atoms with Gasteiger partial charge in [0, 0.05) is 5.39 Å². The number of aryl methyl sites for hydroxylation is 2. The van der Waals surface area contributed by atoms with Crippen molar-refractivity contribution in [2.75, 3.05) is 7.11 Å². The molecule has 1 aliphatic carbocycles. The van der Waals surface area contributed by atoms with Crippen molar-refractivity contribution in [3.05, 3.63) is 107 Å². The third kappa shape index (κ3) is 7.19. The van der Waals surface area contributed by atoms with Crippen LogP contribution in [0.2, 0.25) is 0 Å². The van der Waals surface area contributed by atoms with Gasteiger partial charge in [0.1, 0.15) is 23.3 Å². The van der Waals surface area contributed by atoms with Gasteiger partial charge < -0.3 is 20.3 Å². The van der Waals surface area contributed by atoms with Gasteiger partial charge in [0.2, 0.25) is 0 Å². The summed E-state index contributed by atoms with van der Waals surface area (Å²) in [7, 11) is 1.22. The molecule has 0 spiro atoms. The van der Waals surface area contributed by atoms with Crippen LogP contribution in [-0.4, -0.2) is 46.2 Å². The molecule has 0 saturated heterocycles. The van der Waals surface area contributed by atoms with E-state index in [-0.39, 0.29) is 29.3 Å². The van der Waals surface area contributed by atoms with Crippen molar-refractivity contribution in [3.8, 4) is 5.75 Å². The number of esters is 1. The molecule has 0 fully saturated rings. The van der Waals surface area contributed by atoms with Crippen LogP contribution in [0, 0.1) is 0 Å². The Hall–Kier alpha value is -4.79. The van der Waals surface area contributed by atoms with Gasteiger partial charge in [-0.25, -0.2) is 19.0 Å². The number of ether oxygens (including phenoxy) is 1. The van der Waals surface area contributed by atoms with E-state index in [2.05, 4.69) is 10.3 Å². The maximum absolute atomic E-state index is 13.4. The normalized spacial score (nSPS) is 13.7. The lowest BCUT2D eigenvalue weighted by atomic mass is 9.99. The minimum Gasteiger partial charge on any atom is -0.508 e. The number of carbonyl (C=O) groups excluding carboxylic acids is 2. The highest BCUT2D eigenvalue weighted by molar-refractivity contribution is 6.06. The first-order chi connectivity index (χ1) is 19.2. The summed E-state index contributed by atoms with van der Waals surface area (Å²) in [6.45, 7) is 0. The summed E-state index contributed by atoms with van der Waals surface area (Å²) in [6.07, 6.45) is 9.03. The van der Waals surface area contributed by atoms with Crippen molar-refractivity contribution in [1.29, 1.82) is 0 Å². The van der Waals surface area contributed by atoms with E-state index in [0.717, 1.165) is 16.7 Å². The van der Waals surface area contributed by atoms with E-state index in [1.165, 1.54) is 37.5 Å². The Morgan fingerprint density at radius 3 is 2.48 bits per heavy atom. The number of amides is 1. The van der Waals surface area contributed by atoms with Crippen molar-refractivity contribution in [1.82, 2.24) is 10.3 Å². The molecule has 1 unspecified atom stereocenters. The van der Waals surface area contributed by atoms with E-state index in [0.29, 0.717) is 36.6 Å². The number of nitrogens with zero attached hydrogens (tertiary/aromatic N) is 1. The smallest absolute Gasteiger partial charge is 0.336 e. The summed E-state index contributed by atoms with van der Waals surface area (Å²) in [5.74, 6) is -2.72. The molecule has 206 valence electrons. The molecule has 4 rings (SSSR count). The van der Waals surface area contributed by atoms with Gasteiger partial charge in [-0.1, -0.05) is 35.9 Å². The van der Waals surface area contributed by atoms with E-state index in [4.69, 9.17) is 4.74 Å². The highest BCUT2D eigenvalue weighted by Gasteiger charge is 2.24. The van der Waals surface area contributed by atoms with Crippen LogP contribution in [0.25, 0.3) is 10.9 Å². The number of aromatic hydroxyl groups is 1. The van der Waals surface area contributed by atoms with Crippen LogP contribution in [0.1, 0.15) is 51.2 Å². The Bertz CT molecular complexity index is 1520. The Morgan fingerprint density at radius 2 is 1.75 bits per heavy atom. The van der Waals surface area contributed by atoms with E-state index < -0.39 is 23.9 Å². The maximum Gasteiger partial charge on any atom is 0.336 e. The van der Waals surface area contributed by atoms with Crippen LogP contribution in [0.15, 0.2) is 84.2 Å². The summed E-state index contributed by atoms with van der Waals surface area (Å²) < 4.78 is 18.3. The number of aromatic nitrogens is 1. The monoisotopic (exact) mass is 544 g/mol. The van der Waals surface area contributed by atoms with Gasteiger partial charge in [0.25, 0.3) is 5.91 Å². The molecular weight excluding hydrogens is 515 g/mol. The van der Waals surface area contributed by atoms with Gasteiger partial charge in [0.05, 0.1) is 18.2 Å². The zero-order valence-corrected chi connectivity index (χ0v) is 21.9. The van der Waals surface area contributed by atoms with Gasteiger partial charge in [-0.15, -0.1) is 0 Å². The molecule has 0 bridgehead atoms. The number of benzene rings is 2. The molecule has 3 aromatic rings. The number of fused-ring (bicyclic) bond motifs is 1. The zero-order chi connectivity index (χ0) is 28.6. The molecule has 8 nitrogen and oxygen atoms in total. The summed E-state index contributed by atoms with van der Waals surface area (Å²) in [5.41, 5.74) is 2.81. The fraction of sp³-hybridized carbons (Fsp3) is 0.226. The number of methoxy groups -OCH3 is 1. The number of nitrogens with one attached hydrogen (secondary N) is 1. The third-order valence-corrected chi connectivity index (χ3v) is 6.64. The average molecular weight is 545 g/mol. The van der Waals surface area contributed by atoms with E-state index in [1.807, 2.05) is 12.1 Å². The number of carboxylic acid groups (broad SMARTS) is 1. The number of pyridine rings is 1. The molecular formula is C31H29FN2O6. The molecule has 3 N–H and O–H groups in total. The molecule has 1 atom stereocenters. The van der Waals surface area contributed by atoms with Crippen molar-refractivity contribution < 1.29 is 33.7 Å². The minimum absolute atomic E-state index is 0.0874. The average Bonchev–Trinajstić information content (AvgIpc) is 3.17. The van der Waals surface area contributed by atoms with Crippen molar-refractivity contribution >= 4 is 28.7 Å². The Labute approximate surface area is 230 Å². The third-order valence-electron chi connectivity index (χ3n) is 6.64. The first-order valence-corrected chi connectivity index (χ1v) is 12.8. The van der Waals surface area contributed by atoms with Crippen LogP contribution in [0.4, 0.5) is 4.39 Å². The zero-order valence-electron chi connectivity index (χ0n) is 21.9. The van der Waals surface area contributed by atoms with Gasteiger partial charge >= 0.3 is 11.9 Å². The lowest BCUT2D eigenvalue weighted by Crippen LogP contribution is -2.42. The standard InChI is InChI=1S/C31H29FN2O6/c1-40-31(39)27(16-10-20-8-13-23(35)14-9-20)34-29(36)28-18-25(30(37)38)24-17-21(11-15-26(24)33-28)6-5-19-3-2-4-22(32)12-7-19/h3-4,7-9,11-15,17-18,27,35H,2,5-6,10,16H2,1H3,(H,34,36)(H,37,38). The number of carboxylic acids is 1. The first kappa shape index (κ1) is 28.2. The lowest BCUT2D eigenvalue weighted by Gasteiger charge is -2.17. The van der Waals surface area contributed by atoms with Gasteiger partial charge in [-0.05, 0) is 85.7 Å². The summed E-state index contributed by atoms with van der Waals surface area (Å²) >= 11 is 0. The lowest BCUT2D eigenvalue weighted by molar-refractivity contribution is -0.143. The number of rotatable bonds is 10. The van der Waals surface area contributed by atoms with E-state index in [9.17, 15) is 29.0 Å². The summed E-state index contributed by atoms with van der Waals surface area (Å²) in [4.78, 5) is 42.0. The maximum atomic E-state index is 13.4. The molecule has 40 heavy (non-hydrogen) atoms. The van der Waals surface area contributed by atoms with Crippen LogP contribution in [-0.2, 0) is 22.4 Å². The van der Waals surface area contributed by atoms with Crippen molar-refractivity contribution in [2.24, 2.45) is 0 Å². The van der Waals surface area contributed by atoms with E-state index in [1.54, 1.807) is 30.3 Å². The largest absolute Gasteiger partial charge is 0.508 e. The minimum atomic E-state index is -1.22. The molecule has 0 aliphatic heterocycles. The number of hydrogen-bond acceptors (Lipinski definition) is 6. The molecule has 1 amide bonds. The Balaban J connectivity index is 1.52.